The molecule has 110 valence electrons. The highest BCUT2D eigenvalue weighted by atomic mass is 19.1. The van der Waals surface area contributed by atoms with Crippen molar-refractivity contribution in [3.05, 3.63) is 64.5 Å². The van der Waals surface area contributed by atoms with Crippen molar-refractivity contribution < 1.29 is 14.3 Å². The van der Waals surface area contributed by atoms with E-state index in [4.69, 9.17) is 15.7 Å². The van der Waals surface area contributed by atoms with Crippen molar-refractivity contribution in [2.24, 2.45) is 10.9 Å². The van der Waals surface area contributed by atoms with Gasteiger partial charge in [0, 0.05) is 5.56 Å². The molecule has 0 aliphatic heterocycles. The minimum atomic E-state index is -0.248. The molecule has 0 amide bonds. The van der Waals surface area contributed by atoms with E-state index in [1.165, 1.54) is 6.07 Å². The van der Waals surface area contributed by atoms with E-state index in [0.717, 1.165) is 11.1 Å². The van der Waals surface area contributed by atoms with Gasteiger partial charge in [0.1, 0.15) is 18.2 Å². The highest BCUT2D eigenvalue weighted by molar-refractivity contribution is 5.97. The Morgan fingerprint density at radius 2 is 1.95 bits per heavy atom. The number of nitrogens with zero attached hydrogens (tertiary/aromatic N) is 1. The van der Waals surface area contributed by atoms with Crippen molar-refractivity contribution in [3.63, 3.8) is 0 Å². The van der Waals surface area contributed by atoms with Crippen LogP contribution in [0.4, 0.5) is 4.39 Å². The van der Waals surface area contributed by atoms with E-state index in [0.29, 0.717) is 23.5 Å². The quantitative estimate of drug-likeness (QED) is 0.393. The summed E-state index contributed by atoms with van der Waals surface area (Å²) in [6.45, 7) is 3.98. The van der Waals surface area contributed by atoms with Crippen molar-refractivity contribution in [3.8, 4) is 5.75 Å². The summed E-state index contributed by atoms with van der Waals surface area (Å²) in [4.78, 5) is 0. The summed E-state index contributed by atoms with van der Waals surface area (Å²) >= 11 is 0. The molecule has 0 aromatic heterocycles. The third-order valence-corrected chi connectivity index (χ3v) is 3.27. The van der Waals surface area contributed by atoms with Crippen molar-refractivity contribution in [1.82, 2.24) is 0 Å². The lowest BCUT2D eigenvalue weighted by molar-refractivity contribution is 0.304. The van der Waals surface area contributed by atoms with E-state index in [1.807, 2.05) is 19.1 Å². The van der Waals surface area contributed by atoms with Gasteiger partial charge in [0.2, 0.25) is 0 Å². The molecule has 0 spiro atoms. The number of nitrogens with two attached hydrogens (primary N) is 1. The Labute approximate surface area is 122 Å². The molecule has 0 heterocycles. The topological polar surface area (TPSA) is 67.8 Å². The first-order chi connectivity index (χ1) is 10.0. The van der Waals surface area contributed by atoms with Crippen molar-refractivity contribution in [2.45, 2.75) is 20.5 Å². The molecule has 0 atom stereocenters. The molecule has 21 heavy (non-hydrogen) atoms. The van der Waals surface area contributed by atoms with Gasteiger partial charge in [0.25, 0.3) is 0 Å². The molecular weight excluding hydrogens is 271 g/mol. The van der Waals surface area contributed by atoms with Gasteiger partial charge >= 0.3 is 0 Å². The molecule has 2 aromatic rings. The fourth-order valence-electron chi connectivity index (χ4n) is 1.94. The summed E-state index contributed by atoms with van der Waals surface area (Å²) in [6, 6.07) is 10.1. The van der Waals surface area contributed by atoms with Gasteiger partial charge in [0.15, 0.2) is 5.84 Å². The summed E-state index contributed by atoms with van der Waals surface area (Å²) in [7, 11) is 0. The molecule has 0 saturated carbocycles. The van der Waals surface area contributed by atoms with E-state index in [9.17, 15) is 4.39 Å². The molecule has 0 aliphatic carbocycles. The lowest BCUT2D eigenvalue weighted by Gasteiger charge is -2.11. The number of amidine groups is 1. The Morgan fingerprint density at radius 1 is 1.19 bits per heavy atom. The summed E-state index contributed by atoms with van der Waals surface area (Å²) < 4.78 is 18.8. The average molecular weight is 288 g/mol. The summed E-state index contributed by atoms with van der Waals surface area (Å²) in [5.74, 6) is 0.440. The maximum absolute atomic E-state index is 13.2. The van der Waals surface area contributed by atoms with Crippen LogP contribution in [-0.2, 0) is 6.61 Å². The van der Waals surface area contributed by atoms with E-state index >= 15 is 0 Å². The molecule has 2 aromatic carbocycles. The smallest absolute Gasteiger partial charge is 0.170 e. The number of aryl methyl sites for hydroxylation is 2. The van der Waals surface area contributed by atoms with E-state index in [-0.39, 0.29) is 11.7 Å². The third-order valence-electron chi connectivity index (χ3n) is 3.27. The molecule has 5 heteroatoms. The van der Waals surface area contributed by atoms with Crippen LogP contribution in [0, 0.1) is 19.7 Å². The molecule has 0 fully saturated rings. The second kappa shape index (κ2) is 6.26. The SMILES string of the molecule is Cc1cc(OCc2ccc(/C(N)=N/O)cc2C)ccc1F. The van der Waals surface area contributed by atoms with Crippen LogP contribution < -0.4 is 10.5 Å². The molecule has 0 unspecified atom stereocenters. The maximum Gasteiger partial charge on any atom is 0.170 e. The molecular formula is C16H17FN2O2. The zero-order valence-corrected chi connectivity index (χ0v) is 11.9. The Kier molecular flexibility index (Phi) is 4.42. The van der Waals surface area contributed by atoms with E-state index < -0.39 is 0 Å². The number of benzene rings is 2. The number of ether oxygens (including phenoxy) is 1. The van der Waals surface area contributed by atoms with Gasteiger partial charge in [-0.2, -0.15) is 0 Å². The predicted octanol–water partition coefficient (Wildman–Crippen LogP) is 3.12. The fourth-order valence-corrected chi connectivity index (χ4v) is 1.94. The zero-order chi connectivity index (χ0) is 15.4. The molecule has 0 aliphatic rings. The van der Waals surface area contributed by atoms with E-state index in [2.05, 4.69) is 5.16 Å². The average Bonchev–Trinajstić information content (AvgIpc) is 2.48. The Balaban J connectivity index is 2.11. The minimum Gasteiger partial charge on any atom is -0.489 e. The Morgan fingerprint density at radius 3 is 2.57 bits per heavy atom. The first kappa shape index (κ1) is 14.8. The van der Waals surface area contributed by atoms with Crippen LogP contribution in [0.5, 0.6) is 5.75 Å². The monoisotopic (exact) mass is 288 g/mol. The minimum absolute atomic E-state index is 0.0692. The molecule has 0 radical (unpaired) electrons. The van der Waals surface area contributed by atoms with Gasteiger partial charge in [-0.3, -0.25) is 0 Å². The van der Waals surface area contributed by atoms with Crippen LogP contribution in [0.2, 0.25) is 0 Å². The molecule has 0 bridgehead atoms. The fraction of sp³-hybridized carbons (Fsp3) is 0.188. The predicted molar refractivity (Wildman–Crippen MR) is 79.2 cm³/mol. The molecule has 3 N–H and O–H groups in total. The first-order valence-electron chi connectivity index (χ1n) is 6.47. The van der Waals surface area contributed by atoms with Crippen LogP contribution in [0.15, 0.2) is 41.6 Å². The summed E-state index contributed by atoms with van der Waals surface area (Å²) in [6.07, 6.45) is 0. The number of halogens is 1. The van der Waals surface area contributed by atoms with Crippen LogP contribution >= 0.6 is 0 Å². The number of oxime groups is 1. The molecule has 4 nitrogen and oxygen atoms in total. The summed E-state index contributed by atoms with van der Waals surface area (Å²) in [5.41, 5.74) is 8.69. The van der Waals surface area contributed by atoms with Crippen molar-refractivity contribution in [1.29, 1.82) is 0 Å². The van der Waals surface area contributed by atoms with Gasteiger partial charge < -0.3 is 15.7 Å². The standard InChI is InChI=1S/C16H17FN2O2/c1-10-7-12(16(18)19-20)3-4-13(10)9-21-14-5-6-15(17)11(2)8-14/h3-8,20H,9H2,1-2H3,(H2,18,19). The van der Waals surface area contributed by atoms with Crippen molar-refractivity contribution >= 4 is 5.84 Å². The van der Waals surface area contributed by atoms with Gasteiger partial charge in [-0.1, -0.05) is 17.3 Å². The third kappa shape index (κ3) is 3.51. The van der Waals surface area contributed by atoms with Gasteiger partial charge in [-0.25, -0.2) is 4.39 Å². The van der Waals surface area contributed by atoms with Crippen LogP contribution in [0.3, 0.4) is 0 Å². The van der Waals surface area contributed by atoms with Gasteiger partial charge in [-0.15, -0.1) is 0 Å². The lowest BCUT2D eigenvalue weighted by atomic mass is 10.1. The van der Waals surface area contributed by atoms with E-state index in [1.54, 1.807) is 25.1 Å². The number of hydrogen-bond donors (Lipinski definition) is 2. The number of rotatable bonds is 4. The molecule has 0 saturated heterocycles. The van der Waals surface area contributed by atoms with Crippen LogP contribution in [0.1, 0.15) is 22.3 Å². The highest BCUT2D eigenvalue weighted by Gasteiger charge is 2.05. The normalized spacial score (nSPS) is 11.5. The number of hydrogen-bond acceptors (Lipinski definition) is 3. The second-order valence-corrected chi connectivity index (χ2v) is 4.83. The molecule has 2 rings (SSSR count). The highest BCUT2D eigenvalue weighted by Crippen LogP contribution is 2.19. The maximum atomic E-state index is 13.2. The first-order valence-corrected chi connectivity index (χ1v) is 6.47. The van der Waals surface area contributed by atoms with Crippen molar-refractivity contribution in [2.75, 3.05) is 0 Å². The zero-order valence-electron chi connectivity index (χ0n) is 11.9. The largest absolute Gasteiger partial charge is 0.489 e. The van der Waals surface area contributed by atoms with Gasteiger partial charge in [-0.05, 0) is 54.8 Å². The Hall–Kier alpha value is -2.56. The summed E-state index contributed by atoms with van der Waals surface area (Å²) in [5, 5.41) is 11.6. The van der Waals surface area contributed by atoms with Gasteiger partial charge in [0.05, 0.1) is 0 Å². The van der Waals surface area contributed by atoms with Crippen LogP contribution in [-0.4, -0.2) is 11.0 Å². The Bertz CT molecular complexity index is 684. The van der Waals surface area contributed by atoms with Crippen LogP contribution in [0.25, 0.3) is 0 Å². The second-order valence-electron chi connectivity index (χ2n) is 4.83. The lowest BCUT2D eigenvalue weighted by Crippen LogP contribution is -2.13.